The van der Waals surface area contributed by atoms with Gasteiger partial charge in [0.15, 0.2) is 0 Å². The molecule has 0 aliphatic heterocycles. The minimum absolute atomic E-state index is 0. The molecule has 0 aliphatic carbocycles. The van der Waals surface area contributed by atoms with Crippen LogP contribution < -0.4 is 33.6 Å². The van der Waals surface area contributed by atoms with Crippen molar-refractivity contribution in [1.29, 1.82) is 0 Å². The van der Waals surface area contributed by atoms with E-state index in [1.165, 1.54) is 57.5 Å². The smallest absolute Gasteiger partial charge is 0.0995 e. The number of unbranched alkanes of at least 4 members (excludes halogenated alkanes) is 1. The molecule has 0 amide bonds. The van der Waals surface area contributed by atoms with Crippen LogP contribution in [0, 0.1) is 0 Å². The number of benzene rings is 4. The third-order valence-electron chi connectivity index (χ3n) is 7.95. The largest absolute Gasteiger partial charge is 1.00 e. The summed E-state index contributed by atoms with van der Waals surface area (Å²) < 4.78 is 0. The standard InChI is InChI=1S/C38H46P2.ClH/c1-33(2)27-31-39(35-19-9-5-10-20-35,36-21-11-6-12-22-36)29-17-18-30-40(32-28-34(3)4,37-23-13-7-14-24-37)38-25-15-8-16-26-38;/h5-16,19-28H,17-18,29-32H2,1-4H3;1H/q+2;/p-1. The molecule has 0 saturated carbocycles. The monoisotopic (exact) mass is 599 g/mol. The third kappa shape index (κ3) is 8.52. The summed E-state index contributed by atoms with van der Waals surface area (Å²) in [5.74, 6) is 0. The lowest BCUT2D eigenvalue weighted by Crippen LogP contribution is -3.00. The molecule has 3 heteroatoms. The lowest BCUT2D eigenvalue weighted by atomic mass is 10.3. The summed E-state index contributed by atoms with van der Waals surface area (Å²) in [7, 11) is -3.18. The van der Waals surface area contributed by atoms with Crippen molar-refractivity contribution in [3.63, 3.8) is 0 Å². The molecule has 0 aromatic heterocycles. The Morgan fingerprint density at radius 3 is 0.902 bits per heavy atom. The van der Waals surface area contributed by atoms with Crippen LogP contribution in [0.3, 0.4) is 0 Å². The zero-order valence-electron chi connectivity index (χ0n) is 25.2. The molecule has 4 aromatic carbocycles. The summed E-state index contributed by atoms with van der Waals surface area (Å²) in [6, 6.07) is 45.6. The molecule has 0 radical (unpaired) electrons. The van der Waals surface area contributed by atoms with E-state index in [2.05, 4.69) is 161 Å². The second-order valence-electron chi connectivity index (χ2n) is 11.4. The van der Waals surface area contributed by atoms with Crippen LogP contribution in [0.15, 0.2) is 145 Å². The zero-order chi connectivity index (χ0) is 28.3. The van der Waals surface area contributed by atoms with Crippen molar-refractivity contribution in [2.45, 2.75) is 40.5 Å². The van der Waals surface area contributed by atoms with Crippen molar-refractivity contribution in [1.82, 2.24) is 0 Å². The third-order valence-corrected chi connectivity index (χ3v) is 16.9. The SMILES string of the molecule is CC(C)=CC[P+](CCCC[P+](CC=C(C)C)(c1ccccc1)c1ccccc1)(c1ccccc1)c1ccccc1.[Cl-]. The summed E-state index contributed by atoms with van der Waals surface area (Å²) in [6.07, 6.45) is 12.2. The average molecular weight is 600 g/mol. The van der Waals surface area contributed by atoms with E-state index in [0.717, 1.165) is 12.3 Å². The van der Waals surface area contributed by atoms with Gasteiger partial charge in [-0.05, 0) is 101 Å². The first-order chi connectivity index (χ1) is 19.5. The van der Waals surface area contributed by atoms with Gasteiger partial charge in [0, 0.05) is 0 Å². The molecular formula is C38H46ClP2+. The molecule has 0 heterocycles. The van der Waals surface area contributed by atoms with Gasteiger partial charge in [-0.25, -0.2) is 0 Å². The zero-order valence-corrected chi connectivity index (χ0v) is 27.8. The van der Waals surface area contributed by atoms with E-state index in [1.54, 1.807) is 0 Å². The Balaban J connectivity index is 0.00000462. The van der Waals surface area contributed by atoms with E-state index >= 15 is 0 Å². The molecule has 0 unspecified atom stereocenters. The van der Waals surface area contributed by atoms with Gasteiger partial charge in [-0.2, -0.15) is 0 Å². The first kappa shape index (κ1) is 33.0. The fourth-order valence-electron chi connectivity index (χ4n) is 5.71. The fraction of sp³-hybridized carbons (Fsp3) is 0.263. The van der Waals surface area contributed by atoms with Gasteiger partial charge in [-0.3, -0.25) is 0 Å². The van der Waals surface area contributed by atoms with Gasteiger partial charge >= 0.3 is 0 Å². The molecule has 4 aromatic rings. The maximum atomic E-state index is 2.49. The van der Waals surface area contributed by atoms with E-state index in [-0.39, 0.29) is 12.4 Å². The second-order valence-corrected chi connectivity index (χ2v) is 18.9. The van der Waals surface area contributed by atoms with Crippen LogP contribution in [0.4, 0.5) is 0 Å². The Morgan fingerprint density at radius 1 is 0.439 bits per heavy atom. The number of hydrogen-bond acceptors (Lipinski definition) is 0. The summed E-state index contributed by atoms with van der Waals surface area (Å²) in [6.45, 7) is 8.97. The lowest BCUT2D eigenvalue weighted by Gasteiger charge is -2.29. The van der Waals surface area contributed by atoms with Crippen molar-refractivity contribution in [3.8, 4) is 0 Å². The second kappa shape index (κ2) is 16.2. The van der Waals surface area contributed by atoms with E-state index < -0.39 is 14.5 Å². The molecule has 214 valence electrons. The van der Waals surface area contributed by atoms with Crippen LogP contribution >= 0.6 is 14.5 Å². The summed E-state index contributed by atoms with van der Waals surface area (Å²) in [5, 5.41) is 6.15. The highest BCUT2D eigenvalue weighted by atomic mass is 35.5. The van der Waals surface area contributed by atoms with Crippen molar-refractivity contribution < 1.29 is 12.4 Å². The van der Waals surface area contributed by atoms with E-state index in [1.807, 2.05) is 0 Å². The van der Waals surface area contributed by atoms with Crippen molar-refractivity contribution in [3.05, 3.63) is 145 Å². The highest BCUT2D eigenvalue weighted by molar-refractivity contribution is 7.90. The number of rotatable bonds is 13. The average Bonchev–Trinajstić information content (AvgIpc) is 3.00. The minimum Gasteiger partial charge on any atom is -1.00 e. The van der Waals surface area contributed by atoms with Crippen LogP contribution in [-0.4, -0.2) is 24.6 Å². The van der Waals surface area contributed by atoms with Crippen molar-refractivity contribution in [2.24, 2.45) is 0 Å². The van der Waals surface area contributed by atoms with Gasteiger partial charge in [0.05, 0.1) is 60.4 Å². The Hall–Kier alpha value is -2.49. The minimum atomic E-state index is -1.59. The van der Waals surface area contributed by atoms with Crippen LogP contribution in [0.2, 0.25) is 0 Å². The molecule has 0 bridgehead atoms. The van der Waals surface area contributed by atoms with Crippen LogP contribution in [0.1, 0.15) is 40.5 Å². The van der Waals surface area contributed by atoms with Crippen molar-refractivity contribution >= 4 is 35.7 Å². The molecule has 0 nitrogen and oxygen atoms in total. The molecule has 41 heavy (non-hydrogen) atoms. The predicted molar refractivity (Wildman–Crippen MR) is 186 cm³/mol. The Kier molecular flexibility index (Phi) is 13.1. The number of halogens is 1. The topological polar surface area (TPSA) is 0 Å². The van der Waals surface area contributed by atoms with Gasteiger partial charge < -0.3 is 12.4 Å². The predicted octanol–water partition coefficient (Wildman–Crippen LogP) is 6.04. The quantitative estimate of drug-likeness (QED) is 0.0999. The first-order valence-electron chi connectivity index (χ1n) is 14.7. The molecular weight excluding hydrogens is 554 g/mol. The maximum absolute atomic E-state index is 2.49. The molecule has 0 spiro atoms. The molecule has 0 aliphatic rings. The van der Waals surface area contributed by atoms with E-state index in [4.69, 9.17) is 0 Å². The molecule has 0 fully saturated rings. The summed E-state index contributed by atoms with van der Waals surface area (Å²) in [5.41, 5.74) is 2.83. The normalized spacial score (nSPS) is 11.3. The van der Waals surface area contributed by atoms with Crippen LogP contribution in [0.25, 0.3) is 0 Å². The molecule has 0 saturated heterocycles. The van der Waals surface area contributed by atoms with E-state index in [0.29, 0.717) is 0 Å². The highest BCUT2D eigenvalue weighted by Crippen LogP contribution is 2.60. The summed E-state index contributed by atoms with van der Waals surface area (Å²) in [4.78, 5) is 0. The van der Waals surface area contributed by atoms with Crippen LogP contribution in [-0.2, 0) is 0 Å². The lowest BCUT2D eigenvalue weighted by molar-refractivity contribution is -0.00000824. The van der Waals surface area contributed by atoms with Gasteiger partial charge in [-0.15, -0.1) is 0 Å². The Bertz CT molecular complexity index is 1170. The van der Waals surface area contributed by atoms with Gasteiger partial charge in [0.1, 0.15) is 0 Å². The highest BCUT2D eigenvalue weighted by Gasteiger charge is 2.44. The first-order valence-corrected chi connectivity index (χ1v) is 19.0. The molecule has 4 rings (SSSR count). The van der Waals surface area contributed by atoms with Gasteiger partial charge in [-0.1, -0.05) is 83.9 Å². The van der Waals surface area contributed by atoms with Gasteiger partial charge in [0.2, 0.25) is 0 Å². The fourth-order valence-corrected chi connectivity index (χ4v) is 14.4. The number of hydrogen-bond donors (Lipinski definition) is 0. The van der Waals surface area contributed by atoms with Gasteiger partial charge in [0.25, 0.3) is 0 Å². The summed E-state index contributed by atoms with van der Waals surface area (Å²) >= 11 is 0. The van der Waals surface area contributed by atoms with Crippen LogP contribution in [0.5, 0.6) is 0 Å². The molecule has 0 N–H and O–H groups in total. The Labute approximate surface area is 257 Å². The molecule has 0 atom stereocenters. The Morgan fingerprint density at radius 2 is 0.683 bits per heavy atom. The maximum Gasteiger partial charge on any atom is 0.0995 e. The number of allylic oxidation sites excluding steroid dienone is 4. The van der Waals surface area contributed by atoms with E-state index in [9.17, 15) is 0 Å². The van der Waals surface area contributed by atoms with Crippen molar-refractivity contribution in [2.75, 3.05) is 24.6 Å².